The second kappa shape index (κ2) is 6.71. The molecule has 0 aromatic carbocycles. The molecule has 0 saturated heterocycles. The molecule has 0 unspecified atom stereocenters. The Labute approximate surface area is 84.6 Å². The molecule has 0 bridgehead atoms. The van der Waals surface area contributed by atoms with Gasteiger partial charge in [-0.2, -0.15) is 0 Å². The van der Waals surface area contributed by atoms with E-state index in [0.717, 1.165) is 0 Å². The Morgan fingerprint density at radius 1 is 0.833 bits per heavy atom. The minimum absolute atomic E-state index is 1.26. The fourth-order valence-electron chi connectivity index (χ4n) is 1.68. The van der Waals surface area contributed by atoms with Gasteiger partial charge in [0, 0.05) is 0 Å². The normalized spacial score (nSPS) is 22.6. The van der Waals surface area contributed by atoms with Gasteiger partial charge in [-0.3, -0.25) is 0 Å². The Kier molecular flexibility index (Phi) is 5.76. The van der Waals surface area contributed by atoms with Crippen LogP contribution in [0.15, 0.2) is 10.6 Å². The van der Waals surface area contributed by atoms with E-state index in [1.807, 2.05) is 0 Å². The summed E-state index contributed by atoms with van der Waals surface area (Å²) in [6.07, 6.45) is 14.9. The Morgan fingerprint density at radius 3 is 2.17 bits per heavy atom. The zero-order valence-electron chi connectivity index (χ0n) is 7.82. The third kappa shape index (κ3) is 4.97. The summed E-state index contributed by atoms with van der Waals surface area (Å²) in [6, 6.07) is 0. The summed E-state index contributed by atoms with van der Waals surface area (Å²) in [6.45, 7) is 0. The Hall–Kier alpha value is 0.220. The van der Waals surface area contributed by atoms with E-state index in [4.69, 9.17) is 0 Å². The zero-order valence-corrected chi connectivity index (χ0v) is 9.41. The van der Waals surface area contributed by atoms with Crippen molar-refractivity contribution in [3.05, 3.63) is 10.6 Å². The van der Waals surface area contributed by atoms with Gasteiger partial charge in [-0.25, -0.2) is 0 Å². The van der Waals surface area contributed by atoms with E-state index in [2.05, 4.69) is 22.0 Å². The number of hydrogen-bond donors (Lipinski definition) is 0. The topological polar surface area (TPSA) is 0 Å². The van der Waals surface area contributed by atoms with E-state index in [1.165, 1.54) is 62.3 Å². The molecular formula is C11H19Br. The molecule has 0 N–H and O–H groups in total. The molecular weight excluding hydrogens is 212 g/mol. The number of halogens is 1. The highest BCUT2D eigenvalue weighted by Crippen LogP contribution is 2.19. The maximum Gasteiger partial charge on any atom is -0.00892 e. The first-order valence-electron chi connectivity index (χ1n) is 5.24. The monoisotopic (exact) mass is 230 g/mol. The van der Waals surface area contributed by atoms with Gasteiger partial charge in [0.15, 0.2) is 0 Å². The maximum atomic E-state index is 3.62. The van der Waals surface area contributed by atoms with Crippen LogP contribution >= 0.6 is 15.9 Å². The third-order valence-electron chi connectivity index (χ3n) is 2.49. The molecule has 0 aromatic rings. The summed E-state index contributed by atoms with van der Waals surface area (Å²) in [4.78, 5) is 0. The highest BCUT2D eigenvalue weighted by Gasteiger charge is 1.96. The lowest BCUT2D eigenvalue weighted by atomic mass is 10.1. The molecule has 0 fully saturated rings. The number of hydrogen-bond acceptors (Lipinski definition) is 0. The molecule has 1 aliphatic carbocycles. The van der Waals surface area contributed by atoms with Gasteiger partial charge in [0.1, 0.15) is 0 Å². The van der Waals surface area contributed by atoms with E-state index >= 15 is 0 Å². The fourth-order valence-corrected chi connectivity index (χ4v) is 2.19. The molecule has 0 aliphatic heterocycles. The van der Waals surface area contributed by atoms with Gasteiger partial charge in [-0.05, 0) is 30.2 Å². The van der Waals surface area contributed by atoms with E-state index in [1.54, 1.807) is 0 Å². The first-order valence-corrected chi connectivity index (χ1v) is 6.03. The van der Waals surface area contributed by atoms with Gasteiger partial charge in [-0.15, -0.1) is 0 Å². The molecule has 0 atom stereocenters. The molecule has 70 valence electrons. The van der Waals surface area contributed by atoms with E-state index in [0.29, 0.717) is 0 Å². The minimum Gasteiger partial charge on any atom is -0.0744 e. The molecule has 0 heterocycles. The number of allylic oxidation sites excluding steroid dienone is 2. The Bertz CT molecular complexity index is 138. The second-order valence-electron chi connectivity index (χ2n) is 3.66. The van der Waals surface area contributed by atoms with E-state index < -0.39 is 0 Å². The van der Waals surface area contributed by atoms with E-state index in [-0.39, 0.29) is 0 Å². The Morgan fingerprint density at radius 2 is 1.42 bits per heavy atom. The van der Waals surface area contributed by atoms with Crippen molar-refractivity contribution in [1.82, 2.24) is 0 Å². The van der Waals surface area contributed by atoms with Gasteiger partial charge in [-0.1, -0.05) is 54.1 Å². The summed E-state index contributed by atoms with van der Waals surface area (Å²) < 4.78 is 1.43. The predicted molar refractivity (Wildman–Crippen MR) is 58.6 cm³/mol. The average molecular weight is 231 g/mol. The maximum absolute atomic E-state index is 3.62. The summed E-state index contributed by atoms with van der Waals surface area (Å²) in [5.41, 5.74) is 0. The van der Waals surface area contributed by atoms with Gasteiger partial charge in [0.05, 0.1) is 0 Å². The molecule has 0 nitrogen and oxygen atoms in total. The molecule has 1 heteroatoms. The molecule has 1 rings (SSSR count). The van der Waals surface area contributed by atoms with Crippen molar-refractivity contribution in [2.75, 3.05) is 0 Å². The highest BCUT2D eigenvalue weighted by atomic mass is 79.9. The van der Waals surface area contributed by atoms with Crippen molar-refractivity contribution < 1.29 is 0 Å². The molecule has 0 saturated carbocycles. The summed E-state index contributed by atoms with van der Waals surface area (Å²) in [7, 11) is 0. The number of rotatable bonds is 0. The van der Waals surface area contributed by atoms with Crippen LogP contribution in [0.5, 0.6) is 0 Å². The summed E-state index contributed by atoms with van der Waals surface area (Å²) in [5.74, 6) is 0. The highest BCUT2D eigenvalue weighted by molar-refractivity contribution is 9.11. The smallest absolute Gasteiger partial charge is 0.00892 e. The van der Waals surface area contributed by atoms with Crippen molar-refractivity contribution >= 4 is 15.9 Å². The first kappa shape index (κ1) is 10.3. The van der Waals surface area contributed by atoms with Crippen LogP contribution in [-0.4, -0.2) is 0 Å². The quantitative estimate of drug-likeness (QED) is 0.562. The van der Waals surface area contributed by atoms with Gasteiger partial charge < -0.3 is 0 Å². The lowest BCUT2D eigenvalue weighted by Gasteiger charge is -1.98. The average Bonchev–Trinajstić information content (AvgIpc) is 2.11. The van der Waals surface area contributed by atoms with Gasteiger partial charge in [0.25, 0.3) is 0 Å². The fraction of sp³-hybridized carbons (Fsp3) is 0.818. The van der Waals surface area contributed by atoms with Gasteiger partial charge >= 0.3 is 0 Å². The molecule has 0 radical (unpaired) electrons. The van der Waals surface area contributed by atoms with Gasteiger partial charge in [0.2, 0.25) is 0 Å². The molecule has 0 spiro atoms. The zero-order chi connectivity index (χ0) is 8.65. The van der Waals surface area contributed by atoms with Crippen LogP contribution in [0.1, 0.15) is 57.8 Å². The van der Waals surface area contributed by atoms with Crippen LogP contribution in [0.25, 0.3) is 0 Å². The van der Waals surface area contributed by atoms with Crippen LogP contribution < -0.4 is 0 Å². The van der Waals surface area contributed by atoms with Crippen LogP contribution in [0.3, 0.4) is 0 Å². The lowest BCUT2D eigenvalue weighted by Crippen LogP contribution is -1.78. The predicted octanol–water partition coefficient (Wildman–Crippen LogP) is 4.79. The molecule has 0 amide bonds. The lowest BCUT2D eigenvalue weighted by molar-refractivity contribution is 0.589. The third-order valence-corrected chi connectivity index (χ3v) is 3.21. The van der Waals surface area contributed by atoms with Crippen LogP contribution in [-0.2, 0) is 0 Å². The first-order chi connectivity index (χ1) is 5.89. The Balaban J connectivity index is 2.25. The van der Waals surface area contributed by atoms with Crippen molar-refractivity contribution in [3.63, 3.8) is 0 Å². The van der Waals surface area contributed by atoms with Crippen LogP contribution in [0.4, 0.5) is 0 Å². The standard InChI is InChI=1S/C11H19Br/c12-11-9-7-5-3-1-2-4-6-8-10-11/h9H,1-8,10H2. The SMILES string of the molecule is BrC1=CCCCCCCCCC1. The van der Waals surface area contributed by atoms with Crippen molar-refractivity contribution in [2.24, 2.45) is 0 Å². The van der Waals surface area contributed by atoms with Crippen molar-refractivity contribution in [3.8, 4) is 0 Å². The molecule has 12 heavy (non-hydrogen) atoms. The largest absolute Gasteiger partial charge is 0.0744 e. The van der Waals surface area contributed by atoms with Crippen molar-refractivity contribution in [2.45, 2.75) is 57.8 Å². The summed E-state index contributed by atoms with van der Waals surface area (Å²) >= 11 is 3.62. The summed E-state index contributed by atoms with van der Waals surface area (Å²) in [5, 5.41) is 0. The van der Waals surface area contributed by atoms with Crippen LogP contribution in [0, 0.1) is 0 Å². The second-order valence-corrected chi connectivity index (χ2v) is 4.68. The van der Waals surface area contributed by atoms with Crippen molar-refractivity contribution in [1.29, 1.82) is 0 Å². The molecule has 1 aliphatic rings. The minimum atomic E-state index is 1.26. The van der Waals surface area contributed by atoms with Crippen LogP contribution in [0.2, 0.25) is 0 Å². The molecule has 0 aromatic heterocycles. The van der Waals surface area contributed by atoms with E-state index in [9.17, 15) is 0 Å².